The summed E-state index contributed by atoms with van der Waals surface area (Å²) in [5, 5.41) is 2.99. The third kappa shape index (κ3) is 3.67. The average Bonchev–Trinajstić information content (AvgIpc) is 2.89. The molecule has 0 spiro atoms. The number of hydrogen-bond acceptors (Lipinski definition) is 2. The Morgan fingerprint density at radius 1 is 1.47 bits per heavy atom. The van der Waals surface area contributed by atoms with Crippen LogP contribution >= 0.6 is 11.6 Å². The highest BCUT2D eigenvalue weighted by atomic mass is 35.5. The van der Waals surface area contributed by atoms with Gasteiger partial charge in [-0.2, -0.15) is 0 Å². The summed E-state index contributed by atoms with van der Waals surface area (Å²) < 4.78 is 12.9. The van der Waals surface area contributed by atoms with Gasteiger partial charge in [0.2, 0.25) is 0 Å². The fraction of sp³-hybridized carbons (Fsp3) is 0.500. The topological polar surface area (TPSA) is 32.3 Å². The van der Waals surface area contributed by atoms with Gasteiger partial charge in [0.1, 0.15) is 5.82 Å². The van der Waals surface area contributed by atoms with E-state index >= 15 is 0 Å². The highest BCUT2D eigenvalue weighted by Crippen LogP contribution is 2.17. The van der Waals surface area contributed by atoms with Crippen molar-refractivity contribution in [3.63, 3.8) is 0 Å². The maximum Gasteiger partial charge on any atom is 0.252 e. The number of carbonyl (C=O) groups excluding carboxylic acids is 1. The molecule has 0 bridgehead atoms. The number of carbonyl (C=O) groups is 1. The lowest BCUT2D eigenvalue weighted by atomic mass is 10.2. The Labute approximate surface area is 117 Å². The summed E-state index contributed by atoms with van der Waals surface area (Å²) in [5.74, 6) is -0.692. The maximum atomic E-state index is 12.9. The first kappa shape index (κ1) is 14.3. The molecule has 1 amide bonds. The summed E-state index contributed by atoms with van der Waals surface area (Å²) in [7, 11) is 0. The third-order valence-electron chi connectivity index (χ3n) is 3.50. The predicted octanol–water partition coefficient (Wildman–Crippen LogP) is 2.69. The number of nitrogens with zero attached hydrogens (tertiary/aromatic N) is 1. The van der Waals surface area contributed by atoms with Gasteiger partial charge < -0.3 is 5.32 Å². The van der Waals surface area contributed by atoms with Crippen molar-refractivity contribution in [2.24, 2.45) is 0 Å². The molecule has 2 rings (SSSR count). The molecule has 1 heterocycles. The third-order valence-corrected chi connectivity index (χ3v) is 3.81. The first-order valence-electron chi connectivity index (χ1n) is 6.55. The molecule has 5 heteroatoms. The Kier molecular flexibility index (Phi) is 4.77. The van der Waals surface area contributed by atoms with Crippen LogP contribution < -0.4 is 5.32 Å². The van der Waals surface area contributed by atoms with Crippen LogP contribution in [0.25, 0.3) is 0 Å². The summed E-state index contributed by atoms with van der Waals surface area (Å²) in [6.07, 6.45) is 2.45. The maximum absolute atomic E-state index is 12.9. The molecule has 0 radical (unpaired) electrons. The van der Waals surface area contributed by atoms with Gasteiger partial charge >= 0.3 is 0 Å². The Morgan fingerprint density at radius 2 is 2.16 bits per heavy atom. The molecule has 1 aromatic carbocycles. The normalized spacial score (nSPS) is 17.4. The van der Waals surface area contributed by atoms with Crippen molar-refractivity contribution in [3.05, 3.63) is 34.6 Å². The highest BCUT2D eigenvalue weighted by molar-refractivity contribution is 6.33. The lowest BCUT2D eigenvalue weighted by Gasteiger charge is -2.23. The Hall–Kier alpha value is -1.13. The van der Waals surface area contributed by atoms with Gasteiger partial charge in [0.15, 0.2) is 0 Å². The molecule has 19 heavy (non-hydrogen) atoms. The zero-order valence-electron chi connectivity index (χ0n) is 11.0. The smallest absolute Gasteiger partial charge is 0.252 e. The fourth-order valence-corrected chi connectivity index (χ4v) is 2.57. The standard InChI is InChI=1S/C14H18ClFN2O/c1-10(18-6-2-3-7-18)9-17-14(19)12-5-4-11(16)8-13(12)15/h4-5,8,10H,2-3,6-7,9H2,1H3,(H,17,19)/t10-/m0/s1. The highest BCUT2D eigenvalue weighted by Gasteiger charge is 2.19. The summed E-state index contributed by atoms with van der Waals surface area (Å²) in [5.41, 5.74) is 0.316. The van der Waals surface area contributed by atoms with Gasteiger partial charge in [-0.1, -0.05) is 11.6 Å². The van der Waals surface area contributed by atoms with Gasteiger partial charge in [0.25, 0.3) is 5.91 Å². The Bertz CT molecular complexity index is 461. The molecule has 1 saturated heterocycles. The van der Waals surface area contributed by atoms with E-state index in [9.17, 15) is 9.18 Å². The molecule has 1 aromatic rings. The average molecular weight is 285 g/mol. The molecular formula is C14H18ClFN2O. The lowest BCUT2D eigenvalue weighted by Crippen LogP contribution is -2.40. The quantitative estimate of drug-likeness (QED) is 0.922. The van der Waals surface area contributed by atoms with Crippen LogP contribution in [0.5, 0.6) is 0 Å². The van der Waals surface area contributed by atoms with E-state index in [1.165, 1.54) is 25.0 Å². The van der Waals surface area contributed by atoms with Crippen LogP contribution in [-0.2, 0) is 0 Å². The minimum Gasteiger partial charge on any atom is -0.350 e. The minimum atomic E-state index is -0.438. The van der Waals surface area contributed by atoms with Crippen LogP contribution in [0.1, 0.15) is 30.1 Å². The van der Waals surface area contributed by atoms with Gasteiger partial charge in [-0.05, 0) is 51.1 Å². The molecule has 1 fully saturated rings. The first-order chi connectivity index (χ1) is 9.08. The van der Waals surface area contributed by atoms with E-state index in [0.29, 0.717) is 18.2 Å². The van der Waals surface area contributed by atoms with E-state index in [4.69, 9.17) is 11.6 Å². The van der Waals surface area contributed by atoms with Gasteiger partial charge in [0, 0.05) is 12.6 Å². The molecule has 0 unspecified atom stereocenters. The number of rotatable bonds is 4. The van der Waals surface area contributed by atoms with E-state index < -0.39 is 5.82 Å². The minimum absolute atomic E-state index is 0.145. The molecule has 0 saturated carbocycles. The van der Waals surface area contributed by atoms with Gasteiger partial charge in [-0.15, -0.1) is 0 Å². The van der Waals surface area contributed by atoms with Gasteiger partial charge in [0.05, 0.1) is 10.6 Å². The number of nitrogens with one attached hydrogen (secondary N) is 1. The SMILES string of the molecule is C[C@@H](CNC(=O)c1ccc(F)cc1Cl)N1CCCC1. The van der Waals surface area contributed by atoms with Crippen molar-refractivity contribution in [2.75, 3.05) is 19.6 Å². The second-order valence-corrected chi connectivity index (χ2v) is 5.33. The van der Waals surface area contributed by atoms with Crippen LogP contribution in [0.2, 0.25) is 5.02 Å². The summed E-state index contributed by atoms with van der Waals surface area (Å²) in [6, 6.07) is 4.11. The molecule has 3 nitrogen and oxygen atoms in total. The number of hydrogen-bond donors (Lipinski definition) is 1. The number of halogens is 2. The van der Waals surface area contributed by atoms with Crippen molar-refractivity contribution in [2.45, 2.75) is 25.8 Å². The van der Waals surface area contributed by atoms with Crippen LogP contribution in [0.15, 0.2) is 18.2 Å². The van der Waals surface area contributed by atoms with E-state index in [1.807, 2.05) is 0 Å². The second-order valence-electron chi connectivity index (χ2n) is 4.93. The van der Waals surface area contributed by atoms with E-state index in [2.05, 4.69) is 17.1 Å². The van der Waals surface area contributed by atoms with E-state index in [0.717, 1.165) is 19.2 Å². The van der Waals surface area contributed by atoms with Crippen molar-refractivity contribution in [1.29, 1.82) is 0 Å². The Balaban J connectivity index is 1.90. The van der Waals surface area contributed by atoms with Crippen molar-refractivity contribution < 1.29 is 9.18 Å². The van der Waals surface area contributed by atoms with E-state index in [-0.39, 0.29) is 10.9 Å². The molecule has 0 aliphatic carbocycles. The van der Waals surface area contributed by atoms with Crippen LogP contribution in [0.3, 0.4) is 0 Å². The first-order valence-corrected chi connectivity index (χ1v) is 6.93. The summed E-state index contributed by atoms with van der Waals surface area (Å²) in [4.78, 5) is 14.3. The fourth-order valence-electron chi connectivity index (χ4n) is 2.32. The lowest BCUT2D eigenvalue weighted by molar-refractivity contribution is 0.0940. The number of benzene rings is 1. The molecule has 1 aliphatic heterocycles. The Morgan fingerprint density at radius 3 is 2.79 bits per heavy atom. The molecular weight excluding hydrogens is 267 g/mol. The van der Waals surface area contributed by atoms with Crippen molar-refractivity contribution in [3.8, 4) is 0 Å². The summed E-state index contributed by atoms with van der Waals surface area (Å²) in [6.45, 7) is 4.85. The zero-order chi connectivity index (χ0) is 13.8. The largest absolute Gasteiger partial charge is 0.350 e. The monoisotopic (exact) mass is 284 g/mol. The van der Waals surface area contributed by atoms with Crippen LogP contribution in [0, 0.1) is 5.82 Å². The molecule has 1 N–H and O–H groups in total. The molecule has 1 atom stereocenters. The van der Waals surface area contributed by atoms with Crippen LogP contribution in [-0.4, -0.2) is 36.5 Å². The van der Waals surface area contributed by atoms with Crippen LogP contribution in [0.4, 0.5) is 4.39 Å². The molecule has 1 aliphatic rings. The molecule has 104 valence electrons. The van der Waals surface area contributed by atoms with Crippen molar-refractivity contribution in [1.82, 2.24) is 10.2 Å². The number of likely N-dealkylation sites (tertiary alicyclic amines) is 1. The zero-order valence-corrected chi connectivity index (χ0v) is 11.7. The van der Waals surface area contributed by atoms with Crippen molar-refractivity contribution >= 4 is 17.5 Å². The summed E-state index contributed by atoms with van der Waals surface area (Å²) >= 11 is 5.86. The molecule has 0 aromatic heterocycles. The number of amides is 1. The second kappa shape index (κ2) is 6.35. The predicted molar refractivity (Wildman–Crippen MR) is 74.0 cm³/mol. The van der Waals surface area contributed by atoms with Gasteiger partial charge in [-0.3, -0.25) is 9.69 Å². The van der Waals surface area contributed by atoms with Gasteiger partial charge in [-0.25, -0.2) is 4.39 Å². The van der Waals surface area contributed by atoms with E-state index in [1.54, 1.807) is 0 Å².